The first kappa shape index (κ1) is 15.3. The summed E-state index contributed by atoms with van der Waals surface area (Å²) >= 11 is 0. The van der Waals surface area contributed by atoms with Crippen LogP contribution in [0.3, 0.4) is 0 Å². The molecule has 1 N–H and O–H groups in total. The Labute approximate surface area is 131 Å². The van der Waals surface area contributed by atoms with Gasteiger partial charge in [-0.15, -0.1) is 0 Å². The highest BCUT2D eigenvalue weighted by atomic mass is 16.3. The minimum absolute atomic E-state index is 0.0153. The van der Waals surface area contributed by atoms with E-state index in [9.17, 15) is 9.90 Å². The summed E-state index contributed by atoms with van der Waals surface area (Å²) in [5, 5.41) is 9.44. The molecule has 3 rings (SSSR count). The summed E-state index contributed by atoms with van der Waals surface area (Å²) in [5.74, 6) is 1.48. The molecule has 1 aliphatic heterocycles. The average Bonchev–Trinajstić information content (AvgIpc) is 3.21. The molecule has 0 radical (unpaired) electrons. The van der Waals surface area contributed by atoms with Crippen molar-refractivity contribution >= 4 is 11.7 Å². The lowest BCUT2D eigenvalue weighted by Crippen LogP contribution is -2.40. The van der Waals surface area contributed by atoms with Crippen molar-refractivity contribution in [2.24, 2.45) is 17.3 Å². The second-order valence-electron chi connectivity index (χ2n) is 7.03. The van der Waals surface area contributed by atoms with E-state index < -0.39 is 0 Å². The van der Waals surface area contributed by atoms with Crippen LogP contribution in [0.2, 0.25) is 0 Å². The third kappa shape index (κ3) is 2.95. The summed E-state index contributed by atoms with van der Waals surface area (Å²) in [6, 6.07) is 5.88. The quantitative estimate of drug-likeness (QED) is 0.893. The Balaban J connectivity index is 1.63. The molecule has 2 aliphatic rings. The number of pyridine rings is 1. The summed E-state index contributed by atoms with van der Waals surface area (Å²) in [6.45, 7) is 4.60. The van der Waals surface area contributed by atoms with Crippen LogP contribution < -0.4 is 4.90 Å². The molecule has 1 aromatic heterocycles. The number of aliphatic hydroxyl groups is 1. The van der Waals surface area contributed by atoms with Crippen LogP contribution in [0, 0.1) is 17.3 Å². The zero-order valence-electron chi connectivity index (χ0n) is 13.4. The number of carbonyl (C=O) groups excluding carboxylic acids is 1. The maximum Gasteiger partial charge on any atom is 0.227 e. The van der Waals surface area contributed by atoms with Crippen molar-refractivity contribution in [3.05, 3.63) is 24.4 Å². The molecule has 2 heterocycles. The average molecular weight is 303 g/mol. The second kappa shape index (κ2) is 5.88. The molecule has 120 valence electrons. The first-order chi connectivity index (χ1) is 10.5. The molecule has 0 spiro atoms. The predicted molar refractivity (Wildman–Crippen MR) is 85.5 cm³/mol. The Bertz CT molecular complexity index is 530. The van der Waals surface area contributed by atoms with Crippen LogP contribution in [0.25, 0.3) is 0 Å². The van der Waals surface area contributed by atoms with Crippen LogP contribution in [-0.2, 0) is 4.79 Å². The van der Waals surface area contributed by atoms with Crippen molar-refractivity contribution in [3.63, 3.8) is 0 Å². The highest BCUT2D eigenvalue weighted by Gasteiger charge is 2.45. The normalized spacial score (nSPS) is 26.0. The van der Waals surface area contributed by atoms with Gasteiger partial charge in [-0.3, -0.25) is 4.79 Å². The fourth-order valence-electron chi connectivity index (χ4n) is 3.42. The van der Waals surface area contributed by atoms with Gasteiger partial charge in [-0.25, -0.2) is 4.98 Å². The maximum atomic E-state index is 12.8. The number of carbonyl (C=O) groups is 1. The first-order valence-electron chi connectivity index (χ1n) is 8.06. The van der Waals surface area contributed by atoms with Crippen LogP contribution in [0.15, 0.2) is 24.4 Å². The molecule has 5 heteroatoms. The Morgan fingerprint density at radius 3 is 2.82 bits per heavy atom. The Kier molecular flexibility index (Phi) is 4.08. The van der Waals surface area contributed by atoms with Crippen molar-refractivity contribution in [1.29, 1.82) is 0 Å². The fraction of sp³-hybridized carbons (Fsp3) is 0.647. The molecule has 22 heavy (non-hydrogen) atoms. The predicted octanol–water partition coefficient (Wildman–Crippen LogP) is 1.38. The lowest BCUT2D eigenvalue weighted by Gasteiger charge is -2.26. The van der Waals surface area contributed by atoms with Gasteiger partial charge in [0, 0.05) is 38.3 Å². The number of anilines is 1. The number of nitrogens with zero attached hydrogens (tertiary/aromatic N) is 3. The molecule has 5 nitrogen and oxygen atoms in total. The number of amides is 1. The second-order valence-corrected chi connectivity index (χ2v) is 7.03. The molecule has 1 aliphatic carbocycles. The Morgan fingerprint density at radius 1 is 1.45 bits per heavy atom. The zero-order valence-corrected chi connectivity index (χ0v) is 13.4. The number of hydrogen-bond donors (Lipinski definition) is 1. The first-order valence-corrected chi connectivity index (χ1v) is 8.06. The van der Waals surface area contributed by atoms with Gasteiger partial charge in [0.1, 0.15) is 5.82 Å². The van der Waals surface area contributed by atoms with Gasteiger partial charge in [0.15, 0.2) is 0 Å². The largest absolute Gasteiger partial charge is 0.396 e. The van der Waals surface area contributed by atoms with E-state index in [-0.39, 0.29) is 23.8 Å². The Morgan fingerprint density at radius 2 is 2.23 bits per heavy atom. The van der Waals surface area contributed by atoms with Crippen molar-refractivity contribution in [3.8, 4) is 0 Å². The standard InChI is InChI=1S/C17H25N3O2/c1-13-9-20(15-5-3-4-8-18-15)10-14(13)16(22)19(2)11-17(12-21)6-7-17/h3-5,8,13-14,21H,6-7,9-12H2,1-2H3/t13-,14-/m1/s1. The fourth-order valence-corrected chi connectivity index (χ4v) is 3.42. The number of rotatable bonds is 5. The summed E-state index contributed by atoms with van der Waals surface area (Å²) in [5.41, 5.74) is -0.0209. The third-order valence-electron chi connectivity index (χ3n) is 5.14. The minimum atomic E-state index is -0.0209. The van der Waals surface area contributed by atoms with Crippen molar-refractivity contribution in [1.82, 2.24) is 9.88 Å². The van der Waals surface area contributed by atoms with Gasteiger partial charge in [0.2, 0.25) is 5.91 Å². The van der Waals surface area contributed by atoms with Gasteiger partial charge in [0.05, 0.1) is 12.5 Å². The van der Waals surface area contributed by atoms with Crippen LogP contribution in [0.4, 0.5) is 5.82 Å². The van der Waals surface area contributed by atoms with Crippen LogP contribution in [0.1, 0.15) is 19.8 Å². The molecular weight excluding hydrogens is 278 g/mol. The van der Waals surface area contributed by atoms with E-state index in [1.807, 2.05) is 30.1 Å². The van der Waals surface area contributed by atoms with E-state index in [1.54, 1.807) is 6.20 Å². The van der Waals surface area contributed by atoms with Gasteiger partial charge >= 0.3 is 0 Å². The smallest absolute Gasteiger partial charge is 0.227 e. The maximum absolute atomic E-state index is 12.8. The summed E-state index contributed by atoms with van der Waals surface area (Å²) in [6.07, 6.45) is 3.85. The van der Waals surface area contributed by atoms with Gasteiger partial charge in [-0.2, -0.15) is 0 Å². The lowest BCUT2D eigenvalue weighted by atomic mass is 9.96. The number of aliphatic hydroxyl groups excluding tert-OH is 1. The van der Waals surface area contributed by atoms with Gasteiger partial charge in [0.25, 0.3) is 0 Å². The summed E-state index contributed by atoms with van der Waals surface area (Å²) in [4.78, 5) is 21.2. The topological polar surface area (TPSA) is 56.7 Å². The van der Waals surface area contributed by atoms with Crippen LogP contribution >= 0.6 is 0 Å². The van der Waals surface area contributed by atoms with E-state index >= 15 is 0 Å². The van der Waals surface area contributed by atoms with E-state index in [0.29, 0.717) is 12.5 Å². The number of aromatic nitrogens is 1. The molecule has 1 aromatic rings. The molecular formula is C17H25N3O2. The molecule has 2 fully saturated rings. The highest BCUT2D eigenvalue weighted by molar-refractivity contribution is 5.80. The minimum Gasteiger partial charge on any atom is -0.396 e. The molecule has 1 saturated carbocycles. The number of hydrogen-bond acceptors (Lipinski definition) is 4. The lowest BCUT2D eigenvalue weighted by molar-refractivity contribution is -0.135. The van der Waals surface area contributed by atoms with Crippen molar-refractivity contribution < 1.29 is 9.90 Å². The molecule has 1 amide bonds. The van der Waals surface area contributed by atoms with E-state index in [2.05, 4.69) is 16.8 Å². The van der Waals surface area contributed by atoms with Crippen molar-refractivity contribution in [2.45, 2.75) is 19.8 Å². The summed E-state index contributed by atoms with van der Waals surface area (Å²) < 4.78 is 0. The van der Waals surface area contributed by atoms with Gasteiger partial charge in [-0.1, -0.05) is 13.0 Å². The van der Waals surface area contributed by atoms with E-state index in [1.165, 1.54) is 0 Å². The molecule has 1 saturated heterocycles. The van der Waals surface area contributed by atoms with Crippen LogP contribution in [-0.4, -0.2) is 54.2 Å². The monoisotopic (exact) mass is 303 g/mol. The molecule has 2 atom stereocenters. The molecule has 0 unspecified atom stereocenters. The third-order valence-corrected chi connectivity index (χ3v) is 5.14. The molecule has 0 aromatic carbocycles. The van der Waals surface area contributed by atoms with Crippen LogP contribution in [0.5, 0.6) is 0 Å². The molecule has 0 bridgehead atoms. The zero-order chi connectivity index (χ0) is 15.7. The van der Waals surface area contributed by atoms with Gasteiger partial charge in [-0.05, 0) is 30.9 Å². The SMILES string of the molecule is C[C@@H]1CN(c2ccccn2)C[C@H]1C(=O)N(C)CC1(CO)CC1. The Hall–Kier alpha value is -1.62. The van der Waals surface area contributed by atoms with Crippen molar-refractivity contribution in [2.75, 3.05) is 38.2 Å². The summed E-state index contributed by atoms with van der Waals surface area (Å²) in [7, 11) is 1.87. The highest BCUT2D eigenvalue weighted by Crippen LogP contribution is 2.45. The van der Waals surface area contributed by atoms with E-state index in [0.717, 1.165) is 31.7 Å². The van der Waals surface area contributed by atoms with Gasteiger partial charge < -0.3 is 14.9 Å². The van der Waals surface area contributed by atoms with E-state index in [4.69, 9.17) is 0 Å².